The van der Waals surface area contributed by atoms with Crippen molar-refractivity contribution in [2.75, 3.05) is 32.4 Å². The van der Waals surface area contributed by atoms with Crippen LogP contribution >= 0.6 is 0 Å². The van der Waals surface area contributed by atoms with Gasteiger partial charge < -0.3 is 25.3 Å². The van der Waals surface area contributed by atoms with Crippen LogP contribution in [-0.4, -0.2) is 31.3 Å². The zero-order chi connectivity index (χ0) is 15.4. The van der Waals surface area contributed by atoms with Crippen LogP contribution in [-0.2, 0) is 0 Å². The highest BCUT2D eigenvalue weighted by atomic mass is 16.5. The summed E-state index contributed by atoms with van der Waals surface area (Å²) in [5.74, 6) is 2.44. The molecule has 2 aromatic rings. The minimum atomic E-state index is 0.213. The summed E-state index contributed by atoms with van der Waals surface area (Å²) in [5, 5.41) is 3.14. The van der Waals surface area contributed by atoms with Gasteiger partial charge in [0.25, 0.3) is 0 Å². The van der Waals surface area contributed by atoms with Crippen molar-refractivity contribution in [1.29, 1.82) is 0 Å². The van der Waals surface area contributed by atoms with E-state index in [1.54, 1.807) is 39.5 Å². The molecule has 0 saturated carbocycles. The van der Waals surface area contributed by atoms with Gasteiger partial charge in [-0.25, -0.2) is 4.98 Å². The van der Waals surface area contributed by atoms with Crippen LogP contribution in [0.2, 0.25) is 0 Å². The van der Waals surface area contributed by atoms with E-state index < -0.39 is 0 Å². The van der Waals surface area contributed by atoms with Gasteiger partial charge in [0.1, 0.15) is 5.82 Å². The molecule has 7 heteroatoms. The van der Waals surface area contributed by atoms with Gasteiger partial charge in [0.05, 0.1) is 21.3 Å². The van der Waals surface area contributed by atoms with Gasteiger partial charge >= 0.3 is 0 Å². The maximum Gasteiger partial charge on any atom is 0.222 e. The molecule has 3 N–H and O–H groups in total. The van der Waals surface area contributed by atoms with Crippen molar-refractivity contribution < 1.29 is 14.2 Å². The van der Waals surface area contributed by atoms with Crippen molar-refractivity contribution >= 4 is 17.5 Å². The molecule has 1 aromatic carbocycles. The molecule has 0 radical (unpaired) electrons. The molecule has 0 spiro atoms. The molecule has 0 fully saturated rings. The van der Waals surface area contributed by atoms with E-state index in [1.165, 1.54) is 0 Å². The van der Waals surface area contributed by atoms with Crippen LogP contribution in [0.15, 0.2) is 18.2 Å². The summed E-state index contributed by atoms with van der Waals surface area (Å²) >= 11 is 0. The van der Waals surface area contributed by atoms with Gasteiger partial charge in [0.2, 0.25) is 11.7 Å². The summed E-state index contributed by atoms with van der Waals surface area (Å²) in [6.07, 6.45) is 0. The number of methoxy groups -OCH3 is 3. The second-order valence-corrected chi connectivity index (χ2v) is 4.29. The highest BCUT2D eigenvalue weighted by molar-refractivity contribution is 5.67. The van der Waals surface area contributed by atoms with Crippen LogP contribution in [0.3, 0.4) is 0 Å². The summed E-state index contributed by atoms with van der Waals surface area (Å²) in [7, 11) is 4.68. The largest absolute Gasteiger partial charge is 0.493 e. The molecule has 2 rings (SSSR count). The Morgan fingerprint density at radius 2 is 1.57 bits per heavy atom. The maximum absolute atomic E-state index is 5.64. The molecule has 21 heavy (non-hydrogen) atoms. The first kappa shape index (κ1) is 14.7. The number of aromatic nitrogens is 2. The Balaban J connectivity index is 2.40. The Morgan fingerprint density at radius 3 is 2.05 bits per heavy atom. The highest BCUT2D eigenvalue weighted by Crippen LogP contribution is 2.40. The van der Waals surface area contributed by atoms with Crippen molar-refractivity contribution in [3.8, 4) is 17.2 Å². The predicted octanol–water partition coefficient (Wildman–Crippen LogP) is 2.14. The Kier molecular flexibility index (Phi) is 4.32. The summed E-state index contributed by atoms with van der Waals surface area (Å²) in [4.78, 5) is 8.15. The average Bonchev–Trinajstić information content (AvgIpc) is 2.45. The number of hydrogen-bond donors (Lipinski definition) is 2. The lowest BCUT2D eigenvalue weighted by molar-refractivity contribution is 0.324. The summed E-state index contributed by atoms with van der Waals surface area (Å²) in [6.45, 7) is 1.85. The van der Waals surface area contributed by atoms with Crippen molar-refractivity contribution in [3.05, 3.63) is 23.9 Å². The molecule has 0 atom stereocenters. The quantitative estimate of drug-likeness (QED) is 0.871. The van der Waals surface area contributed by atoms with Crippen LogP contribution in [0.4, 0.5) is 17.5 Å². The normalized spacial score (nSPS) is 10.1. The summed E-state index contributed by atoms with van der Waals surface area (Å²) in [5.41, 5.74) is 7.15. The van der Waals surface area contributed by atoms with Gasteiger partial charge in [0, 0.05) is 29.6 Å². The van der Waals surface area contributed by atoms with E-state index in [0.29, 0.717) is 23.1 Å². The monoisotopic (exact) mass is 290 g/mol. The zero-order valence-corrected chi connectivity index (χ0v) is 12.4. The topological polar surface area (TPSA) is 91.5 Å². The first-order valence-corrected chi connectivity index (χ1v) is 6.25. The average molecular weight is 290 g/mol. The third-order valence-corrected chi connectivity index (χ3v) is 2.81. The number of nitrogen functional groups attached to an aromatic ring is 1. The number of aryl methyl sites for hydroxylation is 1. The number of rotatable bonds is 5. The molecule has 0 aliphatic carbocycles. The fourth-order valence-electron chi connectivity index (χ4n) is 1.96. The van der Waals surface area contributed by atoms with E-state index in [1.807, 2.05) is 6.92 Å². The van der Waals surface area contributed by atoms with Gasteiger partial charge in [0.15, 0.2) is 11.5 Å². The number of nitrogens with one attached hydrogen (secondary N) is 1. The molecule has 1 heterocycles. The van der Waals surface area contributed by atoms with Gasteiger partial charge in [-0.1, -0.05) is 0 Å². The van der Waals surface area contributed by atoms with E-state index >= 15 is 0 Å². The van der Waals surface area contributed by atoms with Crippen LogP contribution < -0.4 is 25.3 Å². The standard InChI is InChI=1S/C14H18N4O3/c1-8-5-12(18-14(15)16-8)17-9-6-10(19-2)13(21-4)11(7-9)20-3/h5-7H,1-4H3,(H3,15,16,17,18). The molecule has 0 saturated heterocycles. The van der Waals surface area contributed by atoms with E-state index in [0.717, 1.165) is 11.4 Å². The van der Waals surface area contributed by atoms with Crippen molar-refractivity contribution in [2.45, 2.75) is 6.92 Å². The number of nitrogens with two attached hydrogens (primary N) is 1. The molecular weight excluding hydrogens is 272 g/mol. The Bertz CT molecular complexity index is 601. The smallest absolute Gasteiger partial charge is 0.222 e. The molecule has 112 valence electrons. The lowest BCUT2D eigenvalue weighted by Crippen LogP contribution is -2.02. The first-order valence-electron chi connectivity index (χ1n) is 6.25. The van der Waals surface area contributed by atoms with Gasteiger partial charge in [-0.05, 0) is 6.92 Å². The van der Waals surface area contributed by atoms with E-state index in [2.05, 4.69) is 15.3 Å². The number of benzene rings is 1. The minimum Gasteiger partial charge on any atom is -0.493 e. The molecule has 1 aromatic heterocycles. The molecule has 7 nitrogen and oxygen atoms in total. The van der Waals surface area contributed by atoms with E-state index in [9.17, 15) is 0 Å². The van der Waals surface area contributed by atoms with Crippen LogP contribution in [0.5, 0.6) is 17.2 Å². The van der Waals surface area contributed by atoms with Gasteiger partial charge in [-0.15, -0.1) is 0 Å². The SMILES string of the molecule is COc1cc(Nc2cc(C)nc(N)n2)cc(OC)c1OC. The molecule has 0 amide bonds. The lowest BCUT2D eigenvalue weighted by Gasteiger charge is -2.15. The highest BCUT2D eigenvalue weighted by Gasteiger charge is 2.13. The lowest BCUT2D eigenvalue weighted by atomic mass is 10.2. The zero-order valence-electron chi connectivity index (χ0n) is 12.4. The maximum atomic E-state index is 5.64. The number of anilines is 3. The van der Waals surface area contributed by atoms with Crippen molar-refractivity contribution in [1.82, 2.24) is 9.97 Å². The Labute approximate surface area is 123 Å². The van der Waals surface area contributed by atoms with Gasteiger partial charge in [-0.2, -0.15) is 4.98 Å². The van der Waals surface area contributed by atoms with Crippen LogP contribution in [0.1, 0.15) is 5.69 Å². The molecule has 0 aliphatic heterocycles. The van der Waals surface area contributed by atoms with E-state index in [-0.39, 0.29) is 5.95 Å². The molecule has 0 aliphatic rings. The summed E-state index contributed by atoms with van der Waals surface area (Å²) in [6, 6.07) is 5.36. The third-order valence-electron chi connectivity index (χ3n) is 2.81. The van der Waals surface area contributed by atoms with Crippen LogP contribution in [0.25, 0.3) is 0 Å². The molecule has 0 unspecified atom stereocenters. The summed E-state index contributed by atoms with van der Waals surface area (Å²) < 4.78 is 15.9. The van der Waals surface area contributed by atoms with E-state index in [4.69, 9.17) is 19.9 Å². The molecule has 0 bridgehead atoms. The number of hydrogen-bond acceptors (Lipinski definition) is 7. The Morgan fingerprint density at radius 1 is 0.952 bits per heavy atom. The third kappa shape index (κ3) is 3.25. The number of nitrogens with zero attached hydrogens (tertiary/aromatic N) is 2. The fourth-order valence-corrected chi connectivity index (χ4v) is 1.96. The second-order valence-electron chi connectivity index (χ2n) is 4.29. The fraction of sp³-hybridized carbons (Fsp3) is 0.286. The first-order chi connectivity index (χ1) is 10.1. The number of ether oxygens (including phenoxy) is 3. The minimum absolute atomic E-state index is 0.213. The van der Waals surface area contributed by atoms with Crippen molar-refractivity contribution in [3.63, 3.8) is 0 Å². The Hall–Kier alpha value is -2.70. The molecular formula is C14H18N4O3. The van der Waals surface area contributed by atoms with Crippen LogP contribution in [0, 0.1) is 6.92 Å². The predicted molar refractivity (Wildman–Crippen MR) is 80.6 cm³/mol. The van der Waals surface area contributed by atoms with Crippen molar-refractivity contribution in [2.24, 2.45) is 0 Å². The second kappa shape index (κ2) is 6.17. The van der Waals surface area contributed by atoms with Gasteiger partial charge in [-0.3, -0.25) is 0 Å².